The standard InChI is InChI=1S/C18H14N4OS/c1-12-10-13(22-8-2-3-9-22)4-5-14(12)17(23)21-18-20-15-11-19-7-6-16(15)24-18/h2-11H,1H3,(H,20,21,23). The van der Waals surface area contributed by atoms with E-state index in [1.807, 2.05) is 60.3 Å². The van der Waals surface area contributed by atoms with E-state index >= 15 is 0 Å². The van der Waals surface area contributed by atoms with Crippen LogP contribution < -0.4 is 5.32 Å². The van der Waals surface area contributed by atoms with E-state index in [1.54, 1.807) is 12.4 Å². The molecule has 118 valence electrons. The Morgan fingerprint density at radius 1 is 1.21 bits per heavy atom. The molecule has 0 saturated carbocycles. The average molecular weight is 334 g/mol. The van der Waals surface area contributed by atoms with Crippen molar-refractivity contribution < 1.29 is 4.79 Å². The van der Waals surface area contributed by atoms with Gasteiger partial charge >= 0.3 is 0 Å². The number of aryl methyl sites for hydroxylation is 1. The number of aromatic nitrogens is 3. The first-order valence-corrected chi connectivity index (χ1v) is 8.28. The Kier molecular flexibility index (Phi) is 3.59. The normalized spacial score (nSPS) is 10.9. The Morgan fingerprint density at radius 2 is 2.04 bits per heavy atom. The minimum atomic E-state index is -0.154. The van der Waals surface area contributed by atoms with Crippen LogP contribution in [0, 0.1) is 6.92 Å². The molecule has 0 spiro atoms. The average Bonchev–Trinajstić information content (AvgIpc) is 3.23. The van der Waals surface area contributed by atoms with Crippen LogP contribution in [0.2, 0.25) is 0 Å². The molecule has 3 heterocycles. The van der Waals surface area contributed by atoms with Crippen molar-refractivity contribution in [3.05, 3.63) is 72.3 Å². The summed E-state index contributed by atoms with van der Waals surface area (Å²) in [6.07, 6.45) is 7.36. The van der Waals surface area contributed by atoms with Crippen LogP contribution in [0.15, 0.2) is 61.2 Å². The molecule has 4 rings (SSSR count). The summed E-state index contributed by atoms with van der Waals surface area (Å²) in [7, 11) is 0. The van der Waals surface area contributed by atoms with E-state index in [1.165, 1.54) is 11.3 Å². The number of rotatable bonds is 3. The van der Waals surface area contributed by atoms with E-state index in [0.29, 0.717) is 10.7 Å². The molecular formula is C18H14N4OS. The summed E-state index contributed by atoms with van der Waals surface area (Å²) < 4.78 is 3.01. The molecule has 0 saturated heterocycles. The predicted molar refractivity (Wildman–Crippen MR) is 95.9 cm³/mol. The van der Waals surface area contributed by atoms with Crippen molar-refractivity contribution in [1.82, 2.24) is 14.5 Å². The highest BCUT2D eigenvalue weighted by Gasteiger charge is 2.13. The van der Waals surface area contributed by atoms with E-state index in [0.717, 1.165) is 21.5 Å². The van der Waals surface area contributed by atoms with Gasteiger partial charge in [-0.1, -0.05) is 11.3 Å². The van der Waals surface area contributed by atoms with Gasteiger partial charge in [0.05, 0.1) is 10.9 Å². The fourth-order valence-electron chi connectivity index (χ4n) is 2.57. The van der Waals surface area contributed by atoms with Crippen LogP contribution in [0.5, 0.6) is 0 Å². The number of hydrogen-bond donors (Lipinski definition) is 1. The van der Waals surface area contributed by atoms with E-state index in [2.05, 4.69) is 15.3 Å². The molecule has 4 aromatic rings. The molecule has 0 radical (unpaired) electrons. The number of amides is 1. The number of thiazole rings is 1. The monoisotopic (exact) mass is 334 g/mol. The molecule has 0 bridgehead atoms. The minimum Gasteiger partial charge on any atom is -0.324 e. The predicted octanol–water partition coefficient (Wildman–Crippen LogP) is 4.04. The van der Waals surface area contributed by atoms with Crippen molar-refractivity contribution in [1.29, 1.82) is 0 Å². The lowest BCUT2D eigenvalue weighted by molar-refractivity contribution is 0.102. The molecule has 24 heavy (non-hydrogen) atoms. The molecular weight excluding hydrogens is 320 g/mol. The highest BCUT2D eigenvalue weighted by molar-refractivity contribution is 7.22. The summed E-state index contributed by atoms with van der Waals surface area (Å²) in [6, 6.07) is 11.6. The summed E-state index contributed by atoms with van der Waals surface area (Å²) >= 11 is 1.44. The molecule has 0 aliphatic heterocycles. The van der Waals surface area contributed by atoms with Gasteiger partial charge < -0.3 is 4.57 Å². The summed E-state index contributed by atoms with van der Waals surface area (Å²) in [5.41, 5.74) is 3.38. The van der Waals surface area contributed by atoms with Crippen molar-refractivity contribution >= 4 is 32.6 Å². The molecule has 1 N–H and O–H groups in total. The first-order chi connectivity index (χ1) is 11.7. The maximum atomic E-state index is 12.5. The molecule has 0 atom stereocenters. The molecule has 0 aliphatic carbocycles. The lowest BCUT2D eigenvalue weighted by Gasteiger charge is -2.09. The van der Waals surface area contributed by atoms with Gasteiger partial charge in [-0.2, -0.15) is 0 Å². The summed E-state index contributed by atoms with van der Waals surface area (Å²) in [6.45, 7) is 1.93. The fourth-order valence-corrected chi connectivity index (χ4v) is 3.40. The number of carbonyl (C=O) groups excluding carboxylic acids is 1. The zero-order chi connectivity index (χ0) is 16.5. The van der Waals surface area contributed by atoms with Crippen LogP contribution in [0.1, 0.15) is 15.9 Å². The van der Waals surface area contributed by atoms with Crippen LogP contribution >= 0.6 is 11.3 Å². The largest absolute Gasteiger partial charge is 0.324 e. The number of pyridine rings is 1. The second-order valence-electron chi connectivity index (χ2n) is 5.41. The molecule has 3 aromatic heterocycles. The lowest BCUT2D eigenvalue weighted by Crippen LogP contribution is -2.13. The second-order valence-corrected chi connectivity index (χ2v) is 6.44. The number of benzene rings is 1. The van der Waals surface area contributed by atoms with E-state index in [9.17, 15) is 4.79 Å². The zero-order valence-electron chi connectivity index (χ0n) is 12.9. The van der Waals surface area contributed by atoms with E-state index in [-0.39, 0.29) is 5.91 Å². The van der Waals surface area contributed by atoms with Gasteiger partial charge in [0.1, 0.15) is 5.52 Å². The molecule has 0 unspecified atom stereocenters. The van der Waals surface area contributed by atoms with E-state index in [4.69, 9.17) is 0 Å². The van der Waals surface area contributed by atoms with Crippen molar-refractivity contribution in [2.24, 2.45) is 0 Å². The molecule has 0 fully saturated rings. The quantitative estimate of drug-likeness (QED) is 0.615. The van der Waals surface area contributed by atoms with Crippen LogP contribution in [-0.2, 0) is 0 Å². The Morgan fingerprint density at radius 3 is 2.79 bits per heavy atom. The van der Waals surface area contributed by atoms with Gasteiger partial charge in [-0.25, -0.2) is 4.98 Å². The first-order valence-electron chi connectivity index (χ1n) is 7.46. The topological polar surface area (TPSA) is 59.8 Å². The maximum absolute atomic E-state index is 12.5. The van der Waals surface area contributed by atoms with Gasteiger partial charge in [0.15, 0.2) is 5.13 Å². The molecule has 1 aromatic carbocycles. The highest BCUT2D eigenvalue weighted by Crippen LogP contribution is 2.25. The molecule has 5 nitrogen and oxygen atoms in total. The van der Waals surface area contributed by atoms with Gasteiger partial charge in [0.25, 0.3) is 5.91 Å². The Bertz CT molecular complexity index is 988. The SMILES string of the molecule is Cc1cc(-n2cccc2)ccc1C(=O)Nc1nc2cnccc2s1. The fraction of sp³-hybridized carbons (Fsp3) is 0.0556. The summed E-state index contributed by atoms with van der Waals surface area (Å²) in [4.78, 5) is 21.0. The van der Waals surface area contributed by atoms with Crippen LogP contribution in [0.25, 0.3) is 15.9 Å². The van der Waals surface area contributed by atoms with Gasteiger partial charge in [0.2, 0.25) is 0 Å². The minimum absolute atomic E-state index is 0.154. The third-order valence-corrected chi connectivity index (χ3v) is 4.72. The van der Waals surface area contributed by atoms with Gasteiger partial charge in [0, 0.05) is 29.8 Å². The Labute approximate surface area is 142 Å². The van der Waals surface area contributed by atoms with E-state index < -0.39 is 0 Å². The van der Waals surface area contributed by atoms with Gasteiger partial charge in [-0.05, 0) is 48.9 Å². The highest BCUT2D eigenvalue weighted by atomic mass is 32.1. The second kappa shape index (κ2) is 5.90. The van der Waals surface area contributed by atoms with Crippen molar-refractivity contribution in [3.63, 3.8) is 0 Å². The lowest BCUT2D eigenvalue weighted by atomic mass is 10.1. The van der Waals surface area contributed by atoms with Crippen molar-refractivity contribution in [2.75, 3.05) is 5.32 Å². The van der Waals surface area contributed by atoms with Crippen LogP contribution in [0.4, 0.5) is 5.13 Å². The summed E-state index contributed by atoms with van der Waals surface area (Å²) in [5, 5.41) is 3.46. The van der Waals surface area contributed by atoms with Gasteiger partial charge in [-0.3, -0.25) is 15.1 Å². The van der Waals surface area contributed by atoms with Crippen molar-refractivity contribution in [2.45, 2.75) is 6.92 Å². The first kappa shape index (κ1) is 14.6. The number of carbonyl (C=O) groups is 1. The number of nitrogens with one attached hydrogen (secondary N) is 1. The van der Waals surface area contributed by atoms with Crippen LogP contribution in [0.3, 0.4) is 0 Å². The van der Waals surface area contributed by atoms with Gasteiger partial charge in [-0.15, -0.1) is 0 Å². The number of hydrogen-bond acceptors (Lipinski definition) is 4. The van der Waals surface area contributed by atoms with Crippen molar-refractivity contribution in [3.8, 4) is 5.69 Å². The zero-order valence-corrected chi connectivity index (χ0v) is 13.7. The molecule has 6 heteroatoms. The Hall–Kier alpha value is -2.99. The molecule has 0 aliphatic rings. The third kappa shape index (κ3) is 2.68. The number of fused-ring (bicyclic) bond motifs is 1. The maximum Gasteiger partial charge on any atom is 0.257 e. The smallest absolute Gasteiger partial charge is 0.257 e. The summed E-state index contributed by atoms with van der Waals surface area (Å²) in [5.74, 6) is -0.154. The number of anilines is 1. The van der Waals surface area contributed by atoms with Crippen LogP contribution in [-0.4, -0.2) is 20.4 Å². The third-order valence-electron chi connectivity index (χ3n) is 3.77. The number of nitrogens with zero attached hydrogens (tertiary/aromatic N) is 3. The molecule has 1 amide bonds. The Balaban J connectivity index is 1.60.